The Balaban J connectivity index is 3.21. The Morgan fingerprint density at radius 1 is 1.50 bits per heavy atom. The lowest BCUT2D eigenvalue weighted by atomic mass is 10.3. The molecule has 0 bridgehead atoms. The molecule has 1 rings (SSSR count). The molecule has 1 heterocycles. The van der Waals surface area contributed by atoms with Crippen LogP contribution in [0, 0.1) is 0 Å². The zero-order valence-electron chi connectivity index (χ0n) is 7.82. The van der Waals surface area contributed by atoms with Crippen molar-refractivity contribution in [3.05, 3.63) is 22.3 Å². The van der Waals surface area contributed by atoms with Crippen molar-refractivity contribution in [2.24, 2.45) is 0 Å². The first kappa shape index (κ1) is 11.6. The van der Waals surface area contributed by atoms with Crippen LogP contribution in [-0.4, -0.2) is 26.8 Å². The Kier molecular flexibility index (Phi) is 3.63. The minimum absolute atomic E-state index is 0.0546. The highest BCUT2D eigenvalue weighted by Gasteiger charge is 2.10. The summed E-state index contributed by atoms with van der Waals surface area (Å²) in [6.45, 7) is 0.365. The van der Waals surface area contributed by atoms with Crippen LogP contribution in [0.4, 0.5) is 0 Å². The summed E-state index contributed by atoms with van der Waals surface area (Å²) in [5.74, 6) is 0. The molecular weight excluding hydrogens is 270 g/mol. The Labute approximate surface area is 91.4 Å². The molecule has 0 radical (unpaired) electrons. The van der Waals surface area contributed by atoms with E-state index >= 15 is 0 Å². The van der Waals surface area contributed by atoms with Crippen LogP contribution >= 0.6 is 15.9 Å². The third-order valence-electron chi connectivity index (χ3n) is 1.52. The molecule has 0 amide bonds. The number of pyridine rings is 1. The van der Waals surface area contributed by atoms with Crippen molar-refractivity contribution in [1.29, 1.82) is 0 Å². The highest BCUT2D eigenvalue weighted by atomic mass is 79.9. The summed E-state index contributed by atoms with van der Waals surface area (Å²) in [7, 11) is -1.71. The molecule has 0 aromatic carbocycles. The summed E-state index contributed by atoms with van der Waals surface area (Å²) in [4.78, 5) is 3.86. The van der Waals surface area contributed by atoms with E-state index in [1.165, 1.54) is 6.07 Å². The monoisotopic (exact) mass is 279 g/mol. The van der Waals surface area contributed by atoms with Crippen LogP contribution < -0.4 is 0 Å². The van der Waals surface area contributed by atoms with E-state index in [0.717, 1.165) is 11.8 Å². The molecule has 1 aromatic heterocycles. The molecule has 78 valence electrons. The number of halogens is 1. The topological polar surface area (TPSA) is 56.3 Å². The van der Waals surface area contributed by atoms with Crippen LogP contribution in [0.1, 0.15) is 5.56 Å². The summed E-state index contributed by atoms with van der Waals surface area (Å²) in [6.07, 6.45) is 1.12. The highest BCUT2D eigenvalue weighted by molar-refractivity contribution is 9.10. The van der Waals surface area contributed by atoms with Crippen LogP contribution in [-0.2, 0) is 21.2 Å². The first-order chi connectivity index (χ1) is 6.43. The number of aromatic nitrogens is 1. The maximum atomic E-state index is 11.2. The molecule has 0 unspecified atom stereocenters. The van der Waals surface area contributed by atoms with E-state index in [2.05, 4.69) is 20.9 Å². The molecule has 0 saturated heterocycles. The van der Waals surface area contributed by atoms with Gasteiger partial charge in [-0.15, -0.1) is 0 Å². The van der Waals surface area contributed by atoms with Gasteiger partial charge in [-0.2, -0.15) is 0 Å². The number of ether oxygens (including phenoxy) is 1. The summed E-state index contributed by atoms with van der Waals surface area (Å²) >= 11 is 3.14. The molecule has 0 spiro atoms. The molecule has 14 heavy (non-hydrogen) atoms. The summed E-state index contributed by atoms with van der Waals surface area (Å²) < 4.78 is 27.8. The van der Waals surface area contributed by atoms with Crippen molar-refractivity contribution >= 4 is 25.8 Å². The predicted octanol–water partition coefficient (Wildman–Crippen LogP) is 1.39. The zero-order chi connectivity index (χ0) is 10.8. The van der Waals surface area contributed by atoms with E-state index in [0.29, 0.717) is 11.2 Å². The third-order valence-corrected chi connectivity index (χ3v) is 2.90. The number of hydrogen-bond acceptors (Lipinski definition) is 4. The smallest absolute Gasteiger partial charge is 0.192 e. The Morgan fingerprint density at radius 2 is 2.14 bits per heavy atom. The molecule has 0 saturated carbocycles. The van der Waals surface area contributed by atoms with E-state index in [9.17, 15) is 8.42 Å². The molecule has 0 N–H and O–H groups in total. The van der Waals surface area contributed by atoms with Gasteiger partial charge in [0.2, 0.25) is 0 Å². The van der Waals surface area contributed by atoms with Gasteiger partial charge in [0.05, 0.1) is 6.61 Å². The highest BCUT2D eigenvalue weighted by Crippen LogP contribution is 2.15. The van der Waals surface area contributed by atoms with Gasteiger partial charge in [-0.3, -0.25) is 0 Å². The standard InChI is InChI=1S/C8H10BrNO3S/c1-13-5-6-3-7(9)10-8(4-6)14(2,11)12/h3-4H,5H2,1-2H3. The Hall–Kier alpha value is -0.460. The molecule has 4 nitrogen and oxygen atoms in total. The SMILES string of the molecule is COCc1cc(Br)nc(S(C)(=O)=O)c1. The summed E-state index contributed by atoms with van der Waals surface area (Å²) in [5, 5.41) is 0.0546. The summed E-state index contributed by atoms with van der Waals surface area (Å²) in [5.41, 5.74) is 0.773. The van der Waals surface area contributed by atoms with Crippen molar-refractivity contribution in [3.8, 4) is 0 Å². The maximum Gasteiger partial charge on any atom is 0.192 e. The first-order valence-electron chi connectivity index (χ1n) is 3.79. The summed E-state index contributed by atoms with van der Waals surface area (Å²) in [6, 6.07) is 3.22. The minimum atomic E-state index is -3.26. The van der Waals surface area contributed by atoms with E-state index in [4.69, 9.17) is 4.74 Å². The van der Waals surface area contributed by atoms with Gasteiger partial charge in [-0.25, -0.2) is 13.4 Å². The Morgan fingerprint density at radius 3 is 2.64 bits per heavy atom. The number of hydrogen-bond donors (Lipinski definition) is 0. The van der Waals surface area contributed by atoms with E-state index in [-0.39, 0.29) is 5.03 Å². The fraction of sp³-hybridized carbons (Fsp3) is 0.375. The van der Waals surface area contributed by atoms with E-state index < -0.39 is 9.84 Å². The van der Waals surface area contributed by atoms with Gasteiger partial charge in [-0.05, 0) is 33.6 Å². The number of methoxy groups -OCH3 is 1. The zero-order valence-corrected chi connectivity index (χ0v) is 10.2. The number of sulfone groups is 1. The van der Waals surface area contributed by atoms with Crippen molar-refractivity contribution in [3.63, 3.8) is 0 Å². The normalized spacial score (nSPS) is 11.6. The average Bonchev–Trinajstić information content (AvgIpc) is 2.02. The third kappa shape index (κ3) is 3.04. The fourth-order valence-corrected chi connectivity index (χ4v) is 2.20. The lowest BCUT2D eigenvalue weighted by Gasteiger charge is -2.03. The Bertz CT molecular complexity index is 430. The molecule has 6 heteroatoms. The molecule has 0 aliphatic heterocycles. The van der Waals surface area contributed by atoms with Crippen LogP contribution in [0.5, 0.6) is 0 Å². The minimum Gasteiger partial charge on any atom is -0.380 e. The molecule has 1 aromatic rings. The number of rotatable bonds is 3. The van der Waals surface area contributed by atoms with Gasteiger partial charge in [0, 0.05) is 13.4 Å². The average molecular weight is 280 g/mol. The molecule has 0 aliphatic carbocycles. The van der Waals surface area contributed by atoms with Gasteiger partial charge in [0.15, 0.2) is 14.9 Å². The lowest BCUT2D eigenvalue weighted by Crippen LogP contribution is -2.02. The van der Waals surface area contributed by atoms with Crippen LogP contribution in [0.3, 0.4) is 0 Å². The van der Waals surface area contributed by atoms with Gasteiger partial charge in [0.1, 0.15) is 4.60 Å². The first-order valence-corrected chi connectivity index (χ1v) is 6.47. The van der Waals surface area contributed by atoms with Crippen LogP contribution in [0.25, 0.3) is 0 Å². The van der Waals surface area contributed by atoms with Crippen LogP contribution in [0.2, 0.25) is 0 Å². The van der Waals surface area contributed by atoms with Gasteiger partial charge in [-0.1, -0.05) is 0 Å². The maximum absolute atomic E-state index is 11.2. The van der Waals surface area contributed by atoms with Crippen molar-refractivity contribution in [2.45, 2.75) is 11.6 Å². The molecular formula is C8H10BrNO3S. The van der Waals surface area contributed by atoms with Gasteiger partial charge < -0.3 is 4.74 Å². The largest absolute Gasteiger partial charge is 0.380 e. The second kappa shape index (κ2) is 4.37. The van der Waals surface area contributed by atoms with E-state index in [1.807, 2.05) is 0 Å². The number of nitrogens with zero attached hydrogens (tertiary/aromatic N) is 1. The van der Waals surface area contributed by atoms with Gasteiger partial charge >= 0.3 is 0 Å². The molecule has 0 fully saturated rings. The van der Waals surface area contributed by atoms with Crippen molar-refractivity contribution in [1.82, 2.24) is 4.98 Å². The predicted molar refractivity (Wildman–Crippen MR) is 55.8 cm³/mol. The lowest BCUT2D eigenvalue weighted by molar-refractivity contribution is 0.184. The second-order valence-electron chi connectivity index (χ2n) is 2.84. The van der Waals surface area contributed by atoms with Gasteiger partial charge in [0.25, 0.3) is 0 Å². The van der Waals surface area contributed by atoms with Crippen molar-refractivity contribution in [2.75, 3.05) is 13.4 Å². The quantitative estimate of drug-likeness (QED) is 0.785. The van der Waals surface area contributed by atoms with E-state index in [1.54, 1.807) is 13.2 Å². The fourth-order valence-electron chi connectivity index (χ4n) is 0.963. The van der Waals surface area contributed by atoms with Crippen molar-refractivity contribution < 1.29 is 13.2 Å². The second-order valence-corrected chi connectivity index (χ2v) is 5.62. The molecule has 0 aliphatic rings. The molecule has 0 atom stereocenters. The van der Waals surface area contributed by atoms with Crippen LogP contribution in [0.15, 0.2) is 21.8 Å².